The first-order valence-corrected chi connectivity index (χ1v) is 7.03. The number of aryl methyl sites for hydroxylation is 1. The summed E-state index contributed by atoms with van der Waals surface area (Å²) in [5.74, 6) is -0.777. The lowest BCUT2D eigenvalue weighted by Gasteiger charge is -2.13. The lowest BCUT2D eigenvalue weighted by atomic mass is 10.1. The maximum Gasteiger partial charge on any atom is 0.408 e. The molecule has 2 amide bonds. The molecule has 3 N–H and O–H groups in total. The van der Waals surface area contributed by atoms with Crippen molar-refractivity contribution in [2.45, 2.75) is 6.10 Å². The zero-order valence-electron chi connectivity index (χ0n) is 12.7. The Kier molecular flexibility index (Phi) is 3.61. The van der Waals surface area contributed by atoms with Crippen LogP contribution in [0.2, 0.25) is 0 Å². The number of pyridine rings is 1. The van der Waals surface area contributed by atoms with Gasteiger partial charge in [0.25, 0.3) is 5.91 Å². The number of carbonyl (C=O) groups excluding carboxylic acids is 2. The molecule has 0 radical (unpaired) electrons. The van der Waals surface area contributed by atoms with Crippen molar-refractivity contribution in [3.05, 3.63) is 42.2 Å². The first-order chi connectivity index (χ1) is 11.0. The van der Waals surface area contributed by atoms with Crippen LogP contribution in [-0.4, -0.2) is 28.6 Å². The zero-order chi connectivity index (χ0) is 16.6. The number of ether oxygens (including phenoxy) is 1. The molecule has 0 aliphatic carbocycles. The summed E-state index contributed by atoms with van der Waals surface area (Å²) < 4.78 is 7.04. The number of nitrogens with two attached hydrogens (primary N) is 1. The Morgan fingerprint density at radius 2 is 2.00 bits per heavy atom. The minimum atomic E-state index is -1.24. The molecule has 1 unspecified atom stereocenters. The van der Waals surface area contributed by atoms with E-state index in [-0.39, 0.29) is 0 Å². The van der Waals surface area contributed by atoms with Crippen LogP contribution in [0.3, 0.4) is 0 Å². The molecule has 3 rings (SSSR count). The van der Waals surface area contributed by atoms with Crippen molar-refractivity contribution in [1.29, 1.82) is 0 Å². The van der Waals surface area contributed by atoms with Crippen molar-refractivity contribution in [2.75, 3.05) is 7.05 Å². The Bertz CT molecular complexity index is 916. The molecule has 1 aromatic carbocycles. The van der Waals surface area contributed by atoms with E-state index in [1.807, 2.05) is 35.9 Å². The Morgan fingerprint density at radius 1 is 1.26 bits per heavy atom. The number of fused-ring (bicyclic) bond motifs is 3. The van der Waals surface area contributed by atoms with Gasteiger partial charge in [-0.15, -0.1) is 0 Å². The van der Waals surface area contributed by atoms with E-state index in [0.717, 1.165) is 21.8 Å². The van der Waals surface area contributed by atoms with Gasteiger partial charge in [0.1, 0.15) is 0 Å². The summed E-state index contributed by atoms with van der Waals surface area (Å²) in [6.07, 6.45) is -0.333. The minimum Gasteiger partial charge on any atom is -0.429 e. The van der Waals surface area contributed by atoms with E-state index < -0.39 is 18.1 Å². The van der Waals surface area contributed by atoms with E-state index in [1.54, 1.807) is 12.3 Å². The van der Waals surface area contributed by atoms with Crippen LogP contribution in [0.25, 0.3) is 21.8 Å². The van der Waals surface area contributed by atoms with Crippen molar-refractivity contribution in [2.24, 2.45) is 12.8 Å². The van der Waals surface area contributed by atoms with Crippen molar-refractivity contribution in [3.63, 3.8) is 0 Å². The second-order valence-electron chi connectivity index (χ2n) is 5.14. The van der Waals surface area contributed by atoms with E-state index in [9.17, 15) is 9.59 Å². The van der Waals surface area contributed by atoms with Gasteiger partial charge in [0, 0.05) is 30.4 Å². The topological polar surface area (TPSA) is 99.2 Å². The third kappa shape index (κ3) is 2.46. The first-order valence-electron chi connectivity index (χ1n) is 7.03. The minimum absolute atomic E-state index is 0.296. The summed E-state index contributed by atoms with van der Waals surface area (Å²) in [5, 5.41) is 4.23. The van der Waals surface area contributed by atoms with Crippen LogP contribution in [0.15, 0.2) is 36.5 Å². The lowest BCUT2D eigenvalue weighted by Crippen LogP contribution is -2.30. The predicted molar refractivity (Wildman–Crippen MR) is 85.7 cm³/mol. The molecular formula is C16H16N4O3. The Balaban J connectivity index is 2.16. The fourth-order valence-corrected chi connectivity index (χ4v) is 2.64. The van der Waals surface area contributed by atoms with Gasteiger partial charge in [-0.2, -0.15) is 0 Å². The van der Waals surface area contributed by atoms with Gasteiger partial charge in [-0.1, -0.05) is 18.2 Å². The molecule has 7 heteroatoms. The van der Waals surface area contributed by atoms with Gasteiger partial charge in [-0.3, -0.25) is 9.78 Å². The van der Waals surface area contributed by atoms with Crippen LogP contribution in [0.1, 0.15) is 11.8 Å². The summed E-state index contributed by atoms with van der Waals surface area (Å²) in [4.78, 5) is 27.3. The number of primary amides is 1. The van der Waals surface area contributed by atoms with Crippen molar-refractivity contribution in [1.82, 2.24) is 14.9 Å². The average Bonchev–Trinajstić information content (AvgIpc) is 2.85. The number of nitrogens with zero attached hydrogens (tertiary/aromatic N) is 2. The number of nitrogens with one attached hydrogen (secondary N) is 1. The predicted octanol–water partition coefficient (Wildman–Crippen LogP) is 1.61. The number of hydrogen-bond donors (Lipinski definition) is 2. The Labute approximate surface area is 132 Å². The normalized spacial score (nSPS) is 12.3. The monoisotopic (exact) mass is 312 g/mol. The number of amides is 2. The molecule has 2 aromatic heterocycles. The molecule has 0 bridgehead atoms. The molecule has 23 heavy (non-hydrogen) atoms. The number of benzene rings is 1. The number of aromatic nitrogens is 2. The highest BCUT2D eigenvalue weighted by Crippen LogP contribution is 2.29. The second-order valence-corrected chi connectivity index (χ2v) is 5.14. The SMILES string of the molecule is CNC(=O)OC(C(N)=O)c1cc2c3ccccc3n(C)c2cn1. The third-order valence-electron chi connectivity index (χ3n) is 3.78. The standard InChI is InChI=1S/C16H16N4O3/c1-18-16(22)23-14(15(17)21)11-7-10-9-5-3-4-6-12(9)20(2)13(10)8-19-11/h3-8,14H,1-2H3,(H2,17,21)(H,18,22). The number of carbonyl (C=O) groups is 2. The molecule has 2 heterocycles. The summed E-state index contributed by atoms with van der Waals surface area (Å²) in [6.45, 7) is 0. The average molecular weight is 312 g/mol. The van der Waals surface area contributed by atoms with Crippen molar-refractivity contribution < 1.29 is 14.3 Å². The molecule has 118 valence electrons. The quantitative estimate of drug-likeness (QED) is 0.767. The van der Waals surface area contributed by atoms with Gasteiger partial charge in [0.15, 0.2) is 0 Å². The molecule has 3 aromatic rings. The molecule has 0 aliphatic rings. The maximum atomic E-state index is 11.6. The van der Waals surface area contributed by atoms with Gasteiger partial charge < -0.3 is 20.4 Å². The van der Waals surface area contributed by atoms with Crippen LogP contribution in [0.5, 0.6) is 0 Å². The second kappa shape index (κ2) is 5.60. The number of hydrogen-bond acceptors (Lipinski definition) is 4. The summed E-state index contributed by atoms with van der Waals surface area (Å²) >= 11 is 0. The molecule has 0 aliphatic heterocycles. The van der Waals surface area contributed by atoms with Crippen LogP contribution < -0.4 is 11.1 Å². The number of alkyl carbamates (subject to hydrolysis) is 1. The molecular weight excluding hydrogens is 296 g/mol. The molecule has 1 atom stereocenters. The van der Waals surface area contributed by atoms with Crippen molar-refractivity contribution >= 4 is 33.8 Å². The summed E-state index contributed by atoms with van der Waals surface area (Å²) in [5.41, 5.74) is 7.60. The fourth-order valence-electron chi connectivity index (χ4n) is 2.64. The number of rotatable bonds is 3. The highest BCUT2D eigenvalue weighted by Gasteiger charge is 2.24. The smallest absolute Gasteiger partial charge is 0.408 e. The lowest BCUT2D eigenvalue weighted by molar-refractivity contribution is -0.126. The number of para-hydroxylation sites is 1. The summed E-state index contributed by atoms with van der Waals surface area (Å²) in [7, 11) is 3.35. The molecule has 0 saturated carbocycles. The highest BCUT2D eigenvalue weighted by atomic mass is 16.6. The summed E-state index contributed by atoms with van der Waals surface area (Å²) in [6, 6.07) is 9.61. The van der Waals surface area contributed by atoms with Crippen LogP contribution in [0.4, 0.5) is 4.79 Å². The van der Waals surface area contributed by atoms with E-state index in [1.165, 1.54) is 7.05 Å². The van der Waals surface area contributed by atoms with E-state index in [2.05, 4.69) is 10.3 Å². The third-order valence-corrected chi connectivity index (χ3v) is 3.78. The fraction of sp³-hybridized carbons (Fsp3) is 0.188. The van der Waals surface area contributed by atoms with Gasteiger partial charge in [0.2, 0.25) is 6.10 Å². The Hall–Kier alpha value is -3.09. The van der Waals surface area contributed by atoms with Crippen molar-refractivity contribution in [3.8, 4) is 0 Å². The molecule has 0 fully saturated rings. The zero-order valence-corrected chi connectivity index (χ0v) is 12.7. The largest absolute Gasteiger partial charge is 0.429 e. The highest BCUT2D eigenvalue weighted by molar-refractivity contribution is 6.08. The van der Waals surface area contributed by atoms with Crippen LogP contribution >= 0.6 is 0 Å². The van der Waals surface area contributed by atoms with E-state index in [4.69, 9.17) is 10.5 Å². The Morgan fingerprint density at radius 3 is 2.70 bits per heavy atom. The maximum absolute atomic E-state index is 11.6. The molecule has 0 saturated heterocycles. The van der Waals surface area contributed by atoms with Gasteiger partial charge in [-0.25, -0.2) is 4.79 Å². The van der Waals surface area contributed by atoms with E-state index in [0.29, 0.717) is 5.69 Å². The van der Waals surface area contributed by atoms with Gasteiger partial charge in [-0.05, 0) is 12.1 Å². The molecule has 0 spiro atoms. The van der Waals surface area contributed by atoms with Gasteiger partial charge in [0.05, 0.1) is 17.4 Å². The first kappa shape index (κ1) is 14.8. The molecule has 7 nitrogen and oxygen atoms in total. The van der Waals surface area contributed by atoms with Crippen LogP contribution in [0, 0.1) is 0 Å². The van der Waals surface area contributed by atoms with Crippen LogP contribution in [-0.2, 0) is 16.6 Å². The van der Waals surface area contributed by atoms with Gasteiger partial charge >= 0.3 is 6.09 Å². The van der Waals surface area contributed by atoms with E-state index >= 15 is 0 Å².